The number of hydrogen-bond acceptors (Lipinski definition) is 2. The van der Waals surface area contributed by atoms with Crippen LogP contribution in [0.25, 0.3) is 0 Å². The van der Waals surface area contributed by atoms with Crippen LogP contribution in [-0.2, 0) is 0 Å². The Hall–Kier alpha value is -1.16. The Balaban J connectivity index is 0. The molecule has 0 fully saturated rings. The van der Waals surface area contributed by atoms with Gasteiger partial charge in [-0.3, -0.25) is 4.79 Å². The number of nitrogens with zero attached hydrogens (tertiary/aromatic N) is 2. The van der Waals surface area contributed by atoms with E-state index >= 15 is 0 Å². The average Bonchev–Trinajstić information content (AvgIpc) is 2.48. The lowest BCUT2D eigenvalue weighted by Crippen LogP contribution is -2.13. The number of carbonyl (C=O) groups excluding carboxylic acids is 1. The summed E-state index contributed by atoms with van der Waals surface area (Å²) in [4.78, 5) is 16.8. The molecule has 0 aromatic heterocycles. The molecule has 0 saturated carbocycles. The van der Waals surface area contributed by atoms with Crippen LogP contribution in [0.2, 0.25) is 0 Å². The fraction of sp³-hybridized carbons (Fsp3) is 0.500. The SMILES string of the molecule is C=NC(=O)c1c(Br)cccc1N(C)C.CC.CCCC. The maximum absolute atomic E-state index is 11.5. The van der Waals surface area contributed by atoms with Crippen LogP contribution < -0.4 is 4.90 Å². The van der Waals surface area contributed by atoms with Gasteiger partial charge in [0.15, 0.2) is 0 Å². The molecule has 0 aliphatic carbocycles. The Labute approximate surface area is 132 Å². The van der Waals surface area contributed by atoms with Crippen molar-refractivity contribution in [2.75, 3.05) is 19.0 Å². The lowest BCUT2D eigenvalue weighted by molar-refractivity contribution is 0.100. The second-order valence-corrected chi connectivity index (χ2v) is 4.85. The van der Waals surface area contributed by atoms with Crippen molar-refractivity contribution in [1.29, 1.82) is 0 Å². The van der Waals surface area contributed by atoms with Crippen LogP contribution in [0.1, 0.15) is 50.9 Å². The van der Waals surface area contributed by atoms with E-state index in [9.17, 15) is 4.79 Å². The molecular weight excluding hydrogens is 316 g/mol. The highest BCUT2D eigenvalue weighted by atomic mass is 79.9. The summed E-state index contributed by atoms with van der Waals surface area (Å²) in [5.74, 6) is -0.318. The molecule has 1 amide bonds. The van der Waals surface area contributed by atoms with Gasteiger partial charge in [0.25, 0.3) is 5.91 Å². The number of amides is 1. The van der Waals surface area contributed by atoms with Crippen LogP contribution in [-0.4, -0.2) is 26.7 Å². The third kappa shape index (κ3) is 7.43. The number of aliphatic imine (C=N–C) groups is 1. The summed E-state index contributed by atoms with van der Waals surface area (Å²) in [6, 6.07) is 5.55. The van der Waals surface area contributed by atoms with Crippen molar-refractivity contribution in [3.8, 4) is 0 Å². The van der Waals surface area contributed by atoms with Crippen molar-refractivity contribution in [2.24, 2.45) is 4.99 Å². The van der Waals surface area contributed by atoms with Crippen LogP contribution in [0.15, 0.2) is 27.7 Å². The van der Waals surface area contributed by atoms with Gasteiger partial charge in [-0.25, -0.2) is 4.99 Å². The first-order valence-electron chi connectivity index (χ1n) is 6.96. The smallest absolute Gasteiger partial charge is 0.279 e. The third-order valence-corrected chi connectivity index (χ3v) is 2.99. The summed E-state index contributed by atoms with van der Waals surface area (Å²) < 4.78 is 0.737. The van der Waals surface area contributed by atoms with Gasteiger partial charge in [0, 0.05) is 18.6 Å². The quantitative estimate of drug-likeness (QED) is 0.708. The van der Waals surface area contributed by atoms with Crippen LogP contribution in [0.5, 0.6) is 0 Å². The topological polar surface area (TPSA) is 32.7 Å². The molecule has 1 rings (SSSR count). The molecule has 114 valence electrons. The van der Waals surface area contributed by atoms with Gasteiger partial charge in [0.05, 0.1) is 11.3 Å². The minimum absolute atomic E-state index is 0.318. The molecule has 0 atom stereocenters. The van der Waals surface area contributed by atoms with E-state index in [4.69, 9.17) is 0 Å². The van der Waals surface area contributed by atoms with Crippen LogP contribution in [0.4, 0.5) is 5.69 Å². The third-order valence-electron chi connectivity index (χ3n) is 2.33. The van der Waals surface area contributed by atoms with Crippen molar-refractivity contribution in [2.45, 2.75) is 40.5 Å². The molecule has 4 heteroatoms. The van der Waals surface area contributed by atoms with Crippen molar-refractivity contribution < 1.29 is 4.79 Å². The maximum atomic E-state index is 11.5. The molecule has 1 aromatic carbocycles. The number of carbonyl (C=O) groups is 1. The molecule has 0 aliphatic rings. The van der Waals surface area contributed by atoms with E-state index in [1.165, 1.54) is 12.8 Å². The average molecular weight is 343 g/mol. The number of benzene rings is 1. The highest BCUT2D eigenvalue weighted by Gasteiger charge is 2.14. The Kier molecular flexibility index (Phi) is 13.6. The summed E-state index contributed by atoms with van der Waals surface area (Å²) in [6.45, 7) is 11.6. The van der Waals surface area contributed by atoms with E-state index < -0.39 is 0 Å². The van der Waals surface area contributed by atoms with Gasteiger partial charge >= 0.3 is 0 Å². The minimum Gasteiger partial charge on any atom is -0.377 e. The summed E-state index contributed by atoms with van der Waals surface area (Å²) in [6.07, 6.45) is 2.64. The van der Waals surface area contributed by atoms with E-state index in [1.54, 1.807) is 0 Å². The minimum atomic E-state index is -0.318. The fourth-order valence-electron chi connectivity index (χ4n) is 1.18. The van der Waals surface area contributed by atoms with Gasteiger partial charge < -0.3 is 4.90 Å². The number of anilines is 1. The number of rotatable bonds is 3. The van der Waals surface area contributed by atoms with Gasteiger partial charge in [0.2, 0.25) is 0 Å². The van der Waals surface area contributed by atoms with Crippen molar-refractivity contribution in [3.05, 3.63) is 28.2 Å². The molecule has 0 N–H and O–H groups in total. The van der Waals surface area contributed by atoms with E-state index in [0.717, 1.165) is 10.2 Å². The van der Waals surface area contributed by atoms with Gasteiger partial charge in [-0.05, 0) is 34.8 Å². The number of halogens is 1. The predicted molar refractivity (Wildman–Crippen MR) is 94.3 cm³/mol. The van der Waals surface area contributed by atoms with Crippen LogP contribution in [0.3, 0.4) is 0 Å². The molecule has 0 radical (unpaired) electrons. The van der Waals surface area contributed by atoms with Crippen LogP contribution in [0, 0.1) is 0 Å². The van der Waals surface area contributed by atoms with E-state index in [0.29, 0.717) is 5.56 Å². The Morgan fingerprint density at radius 3 is 2.10 bits per heavy atom. The maximum Gasteiger partial charge on any atom is 0.279 e. The molecule has 20 heavy (non-hydrogen) atoms. The number of hydrogen-bond donors (Lipinski definition) is 0. The van der Waals surface area contributed by atoms with Gasteiger partial charge in [-0.1, -0.05) is 46.6 Å². The van der Waals surface area contributed by atoms with Gasteiger partial charge in [-0.15, -0.1) is 0 Å². The lowest BCUT2D eigenvalue weighted by Gasteiger charge is -2.16. The van der Waals surface area contributed by atoms with Crippen molar-refractivity contribution in [1.82, 2.24) is 0 Å². The molecule has 1 aromatic rings. The van der Waals surface area contributed by atoms with Gasteiger partial charge in [0.1, 0.15) is 0 Å². The normalized spacial score (nSPS) is 8.55. The second kappa shape index (κ2) is 12.9. The first-order chi connectivity index (χ1) is 9.49. The van der Waals surface area contributed by atoms with E-state index in [2.05, 4.69) is 41.5 Å². The fourth-order valence-corrected chi connectivity index (χ4v) is 1.70. The van der Waals surface area contributed by atoms with E-state index in [-0.39, 0.29) is 5.91 Å². The van der Waals surface area contributed by atoms with Crippen LogP contribution >= 0.6 is 15.9 Å². The zero-order valence-corrected chi connectivity index (χ0v) is 15.1. The van der Waals surface area contributed by atoms with Gasteiger partial charge in [-0.2, -0.15) is 0 Å². The Morgan fingerprint density at radius 2 is 1.75 bits per heavy atom. The standard InChI is InChI=1S/C10H11BrN2O.C4H10.C2H6/c1-12-10(14)9-7(11)5-4-6-8(9)13(2)3;1-3-4-2;1-2/h4-6H,1H2,2-3H3;3-4H2,1-2H3;1-2H3. The predicted octanol–water partition coefficient (Wildman–Crippen LogP) is 5.19. The molecule has 0 spiro atoms. The Bertz CT molecular complexity index is 401. The highest BCUT2D eigenvalue weighted by Crippen LogP contribution is 2.27. The molecule has 0 bridgehead atoms. The Morgan fingerprint density at radius 1 is 1.25 bits per heavy atom. The van der Waals surface area contributed by atoms with Crippen molar-refractivity contribution >= 4 is 34.2 Å². The highest BCUT2D eigenvalue weighted by molar-refractivity contribution is 9.10. The van der Waals surface area contributed by atoms with Crippen molar-refractivity contribution in [3.63, 3.8) is 0 Å². The summed E-state index contributed by atoms with van der Waals surface area (Å²) in [5.41, 5.74) is 1.38. The molecule has 0 heterocycles. The first-order valence-corrected chi connectivity index (χ1v) is 7.75. The summed E-state index contributed by atoms with van der Waals surface area (Å²) in [7, 11) is 3.75. The van der Waals surface area contributed by atoms with E-state index in [1.807, 2.05) is 51.0 Å². The zero-order chi connectivity index (χ0) is 16.1. The largest absolute Gasteiger partial charge is 0.377 e. The zero-order valence-electron chi connectivity index (χ0n) is 13.5. The molecule has 0 aliphatic heterocycles. The molecule has 0 saturated heterocycles. The molecular formula is C16H27BrN2O. The first kappa shape index (κ1) is 21.1. The summed E-state index contributed by atoms with van der Waals surface area (Å²) in [5, 5.41) is 0. The molecule has 3 nitrogen and oxygen atoms in total. The second-order valence-electron chi connectivity index (χ2n) is 3.99. The lowest BCUT2D eigenvalue weighted by atomic mass is 10.1. The monoisotopic (exact) mass is 342 g/mol. The molecule has 0 unspecified atom stereocenters. The number of unbranched alkanes of at least 4 members (excludes halogenated alkanes) is 1. The summed E-state index contributed by atoms with van der Waals surface area (Å²) >= 11 is 3.32.